The molecule has 2 aromatic carbocycles. The van der Waals surface area contributed by atoms with Crippen LogP contribution in [0.4, 0.5) is 5.69 Å². The summed E-state index contributed by atoms with van der Waals surface area (Å²) in [6.45, 7) is 2.22. The summed E-state index contributed by atoms with van der Waals surface area (Å²) in [5.74, 6) is 0.663. The van der Waals surface area contributed by atoms with E-state index in [9.17, 15) is 4.79 Å². The number of carbonyl (C=O) groups excluding carboxylic acids is 1. The molecule has 21 heavy (non-hydrogen) atoms. The van der Waals surface area contributed by atoms with Crippen molar-refractivity contribution < 1.29 is 9.53 Å². The number of hydrogen-bond acceptors (Lipinski definition) is 3. The van der Waals surface area contributed by atoms with Crippen LogP contribution < -0.4 is 9.64 Å². The number of amides is 1. The normalized spacial score (nSPS) is 16.9. The molecule has 0 aromatic heterocycles. The second-order valence-electron chi connectivity index (χ2n) is 4.96. The monoisotopic (exact) mass is 278 g/mol. The minimum atomic E-state index is -0.488. The number of para-hydroxylation sites is 2. The average Bonchev–Trinajstić information content (AvgIpc) is 2.52. The van der Waals surface area contributed by atoms with Gasteiger partial charge in [-0.15, -0.1) is 0 Å². The van der Waals surface area contributed by atoms with E-state index in [2.05, 4.69) is 6.07 Å². The molecule has 1 atom stereocenters. The maximum absolute atomic E-state index is 12.4. The van der Waals surface area contributed by atoms with Crippen molar-refractivity contribution in [3.8, 4) is 11.8 Å². The predicted octanol–water partition coefficient (Wildman–Crippen LogP) is 2.87. The minimum absolute atomic E-state index is 0.0574. The zero-order chi connectivity index (χ0) is 14.8. The molecule has 1 aliphatic rings. The van der Waals surface area contributed by atoms with Crippen molar-refractivity contribution in [1.82, 2.24) is 0 Å². The quantitative estimate of drug-likeness (QED) is 0.848. The molecule has 1 aliphatic heterocycles. The summed E-state index contributed by atoms with van der Waals surface area (Å²) in [6.07, 6.45) is -0.488. The summed E-state index contributed by atoms with van der Waals surface area (Å²) in [6, 6.07) is 16.9. The van der Waals surface area contributed by atoms with Crippen LogP contribution in [-0.2, 0) is 11.3 Å². The Labute approximate surface area is 123 Å². The third kappa shape index (κ3) is 2.46. The number of rotatable bonds is 2. The smallest absolute Gasteiger partial charge is 0.268 e. The number of benzene rings is 2. The molecule has 0 N–H and O–H groups in total. The fourth-order valence-electron chi connectivity index (χ4n) is 2.39. The third-order valence-corrected chi connectivity index (χ3v) is 3.50. The highest BCUT2D eigenvalue weighted by Crippen LogP contribution is 2.34. The maximum Gasteiger partial charge on any atom is 0.268 e. The maximum atomic E-state index is 12.4. The van der Waals surface area contributed by atoms with Gasteiger partial charge in [-0.3, -0.25) is 4.79 Å². The first-order valence-electron chi connectivity index (χ1n) is 6.75. The van der Waals surface area contributed by atoms with Crippen molar-refractivity contribution in [3.05, 3.63) is 59.7 Å². The van der Waals surface area contributed by atoms with Gasteiger partial charge in [0.05, 0.1) is 23.9 Å². The van der Waals surface area contributed by atoms with Gasteiger partial charge in [0.2, 0.25) is 0 Å². The lowest BCUT2D eigenvalue weighted by Gasteiger charge is -2.33. The molecule has 1 unspecified atom stereocenters. The summed E-state index contributed by atoms with van der Waals surface area (Å²) in [7, 11) is 0. The predicted molar refractivity (Wildman–Crippen MR) is 78.9 cm³/mol. The first kappa shape index (κ1) is 13.2. The van der Waals surface area contributed by atoms with Gasteiger partial charge >= 0.3 is 0 Å². The van der Waals surface area contributed by atoms with Crippen LogP contribution in [-0.4, -0.2) is 12.0 Å². The van der Waals surface area contributed by atoms with Crippen molar-refractivity contribution in [1.29, 1.82) is 5.26 Å². The molecule has 1 heterocycles. The summed E-state index contributed by atoms with van der Waals surface area (Å²) in [5, 5.41) is 8.83. The van der Waals surface area contributed by atoms with Gasteiger partial charge in [0, 0.05) is 0 Å². The van der Waals surface area contributed by atoms with E-state index in [1.54, 1.807) is 24.0 Å². The Hall–Kier alpha value is -2.80. The molecular formula is C17H14N2O2. The Bertz CT molecular complexity index is 716. The van der Waals surface area contributed by atoms with Crippen molar-refractivity contribution >= 4 is 11.6 Å². The van der Waals surface area contributed by atoms with Crippen LogP contribution in [0.5, 0.6) is 5.75 Å². The standard InChI is InChI=1S/C17H14N2O2/c1-12-17(20)19(15-4-2-3-5-16(15)21-12)11-14-8-6-13(10-18)7-9-14/h2-9,12H,11H2,1H3. The zero-order valence-electron chi connectivity index (χ0n) is 11.6. The van der Waals surface area contributed by atoms with Crippen molar-refractivity contribution in [2.24, 2.45) is 0 Å². The van der Waals surface area contributed by atoms with E-state index in [4.69, 9.17) is 10.00 Å². The zero-order valence-corrected chi connectivity index (χ0v) is 11.6. The van der Waals surface area contributed by atoms with Crippen molar-refractivity contribution in [2.45, 2.75) is 19.6 Å². The van der Waals surface area contributed by atoms with Crippen LogP contribution in [0, 0.1) is 11.3 Å². The Balaban J connectivity index is 1.93. The molecule has 0 spiro atoms. The number of anilines is 1. The lowest BCUT2D eigenvalue weighted by Crippen LogP contribution is -2.43. The molecule has 0 saturated heterocycles. The van der Waals surface area contributed by atoms with Crippen LogP contribution >= 0.6 is 0 Å². The lowest BCUT2D eigenvalue weighted by atomic mass is 10.1. The largest absolute Gasteiger partial charge is 0.479 e. The van der Waals surface area contributed by atoms with E-state index in [1.165, 1.54) is 0 Å². The van der Waals surface area contributed by atoms with Crippen LogP contribution in [0.3, 0.4) is 0 Å². The Morgan fingerprint density at radius 2 is 1.90 bits per heavy atom. The minimum Gasteiger partial charge on any atom is -0.479 e. The fraction of sp³-hybridized carbons (Fsp3) is 0.176. The molecule has 0 fully saturated rings. The first-order valence-corrected chi connectivity index (χ1v) is 6.75. The van der Waals surface area contributed by atoms with Crippen LogP contribution in [0.1, 0.15) is 18.1 Å². The molecule has 4 nitrogen and oxygen atoms in total. The Morgan fingerprint density at radius 3 is 2.62 bits per heavy atom. The van der Waals surface area contributed by atoms with Crippen molar-refractivity contribution in [2.75, 3.05) is 4.90 Å². The SMILES string of the molecule is CC1Oc2ccccc2N(Cc2ccc(C#N)cc2)C1=O. The topological polar surface area (TPSA) is 53.3 Å². The molecule has 2 aromatic rings. The molecule has 0 bridgehead atoms. The van der Waals surface area contributed by atoms with Gasteiger partial charge in [-0.2, -0.15) is 5.26 Å². The number of nitrogens with zero attached hydrogens (tertiary/aromatic N) is 2. The molecule has 0 saturated carbocycles. The van der Waals surface area contributed by atoms with E-state index in [0.717, 1.165) is 17.0 Å². The van der Waals surface area contributed by atoms with Gasteiger partial charge in [-0.25, -0.2) is 0 Å². The van der Waals surface area contributed by atoms with E-state index in [0.29, 0.717) is 12.1 Å². The second kappa shape index (κ2) is 5.29. The fourth-order valence-corrected chi connectivity index (χ4v) is 2.39. The van der Waals surface area contributed by atoms with E-state index in [-0.39, 0.29) is 5.91 Å². The summed E-state index contributed by atoms with van der Waals surface area (Å²) < 4.78 is 5.61. The average molecular weight is 278 g/mol. The molecule has 0 aliphatic carbocycles. The van der Waals surface area contributed by atoms with Crippen LogP contribution in [0.2, 0.25) is 0 Å². The number of nitriles is 1. The van der Waals surface area contributed by atoms with Crippen LogP contribution in [0.15, 0.2) is 48.5 Å². The lowest BCUT2D eigenvalue weighted by molar-refractivity contribution is -0.125. The van der Waals surface area contributed by atoms with Gasteiger partial charge in [0.15, 0.2) is 6.10 Å². The number of fused-ring (bicyclic) bond motifs is 1. The van der Waals surface area contributed by atoms with Gasteiger partial charge < -0.3 is 9.64 Å². The van der Waals surface area contributed by atoms with Gasteiger partial charge in [-0.05, 0) is 36.8 Å². The number of ether oxygens (including phenoxy) is 1. The van der Waals surface area contributed by atoms with Gasteiger partial charge in [0.25, 0.3) is 5.91 Å². The Kier molecular flexibility index (Phi) is 3.33. The number of hydrogen-bond donors (Lipinski definition) is 0. The first-order chi connectivity index (χ1) is 10.2. The van der Waals surface area contributed by atoms with Crippen molar-refractivity contribution in [3.63, 3.8) is 0 Å². The Morgan fingerprint density at radius 1 is 1.19 bits per heavy atom. The summed E-state index contributed by atoms with van der Waals surface area (Å²) in [5.41, 5.74) is 2.37. The summed E-state index contributed by atoms with van der Waals surface area (Å²) in [4.78, 5) is 14.1. The highest BCUT2D eigenvalue weighted by Gasteiger charge is 2.31. The highest BCUT2D eigenvalue weighted by atomic mass is 16.5. The van der Waals surface area contributed by atoms with Gasteiger partial charge in [0.1, 0.15) is 5.75 Å². The molecule has 1 amide bonds. The molecule has 3 rings (SSSR count). The van der Waals surface area contributed by atoms with Crippen LogP contribution in [0.25, 0.3) is 0 Å². The second-order valence-corrected chi connectivity index (χ2v) is 4.96. The molecule has 0 radical (unpaired) electrons. The third-order valence-electron chi connectivity index (χ3n) is 3.50. The van der Waals surface area contributed by atoms with E-state index >= 15 is 0 Å². The van der Waals surface area contributed by atoms with Gasteiger partial charge in [-0.1, -0.05) is 24.3 Å². The highest BCUT2D eigenvalue weighted by molar-refractivity contribution is 5.99. The molecule has 4 heteroatoms. The van der Waals surface area contributed by atoms with E-state index in [1.807, 2.05) is 36.4 Å². The number of carbonyl (C=O) groups is 1. The van der Waals surface area contributed by atoms with E-state index < -0.39 is 6.10 Å². The molecule has 104 valence electrons. The summed E-state index contributed by atoms with van der Waals surface area (Å²) >= 11 is 0. The molecular weight excluding hydrogens is 264 g/mol.